The molecule has 0 saturated heterocycles. The fraction of sp³-hybridized carbons (Fsp3) is 0.571. The van der Waals surface area contributed by atoms with Crippen molar-refractivity contribution in [3.8, 4) is 34.5 Å². The topological polar surface area (TPSA) is 179 Å². The number of rotatable bonds is 30. The molecule has 0 atom stereocenters. The van der Waals surface area contributed by atoms with Crippen LogP contribution in [0.1, 0.15) is 117 Å². The number of thioether (sulfide) groups is 3. The van der Waals surface area contributed by atoms with Crippen molar-refractivity contribution in [3.05, 3.63) is 54.6 Å². The molecule has 6 N–H and O–H groups in total. The van der Waals surface area contributed by atoms with E-state index in [0.717, 1.165) is 93.5 Å². The number of ether oxygens (including phenoxy) is 4. The van der Waals surface area contributed by atoms with E-state index < -0.39 is 0 Å². The number of hydrogen-bond donors (Lipinski definition) is 5. The molecule has 0 bridgehead atoms. The van der Waals surface area contributed by atoms with Crippen molar-refractivity contribution in [2.75, 3.05) is 65.3 Å². The van der Waals surface area contributed by atoms with Crippen molar-refractivity contribution < 1.29 is 43.5 Å². The minimum absolute atomic E-state index is 0. The normalized spacial score (nSPS) is 10.0. The molecule has 0 heterocycles. The molecule has 0 aliphatic carbocycles. The maximum atomic E-state index is 11.6. The second-order valence-corrected chi connectivity index (χ2v) is 18.4. The van der Waals surface area contributed by atoms with Gasteiger partial charge in [-0.25, -0.2) is 0 Å². The van der Waals surface area contributed by atoms with Gasteiger partial charge in [-0.3, -0.25) is 14.4 Å². The quantitative estimate of drug-likeness (QED) is 0.0185. The molecule has 0 radical (unpaired) electrons. The number of phenols is 2. The highest BCUT2D eigenvalue weighted by Crippen LogP contribution is 2.33. The molecule has 12 nitrogen and oxygen atoms in total. The molecule has 0 aliphatic rings. The van der Waals surface area contributed by atoms with Crippen molar-refractivity contribution in [1.29, 1.82) is 0 Å². The third-order valence-electron chi connectivity index (χ3n) is 9.17. The summed E-state index contributed by atoms with van der Waals surface area (Å²) >= 11 is 10.1. The Hall–Kier alpha value is -3.34. The van der Waals surface area contributed by atoms with Gasteiger partial charge in [-0.15, -0.1) is 47.7 Å². The highest BCUT2D eigenvalue weighted by Gasteiger charge is 2.07. The van der Waals surface area contributed by atoms with Gasteiger partial charge in [-0.2, -0.15) is 0 Å². The van der Waals surface area contributed by atoms with Gasteiger partial charge in [0.1, 0.15) is 0 Å². The number of benzene rings is 3. The van der Waals surface area contributed by atoms with Crippen molar-refractivity contribution in [1.82, 2.24) is 10.6 Å². The fourth-order valence-corrected chi connectivity index (χ4v) is 8.03. The first-order chi connectivity index (χ1) is 31.4. The second kappa shape index (κ2) is 44.2. The number of amides is 2. The highest BCUT2D eigenvalue weighted by molar-refractivity contribution is 7.99. The zero-order valence-electron chi connectivity index (χ0n) is 40.4. The van der Waals surface area contributed by atoms with Crippen LogP contribution in [0.4, 0.5) is 0 Å². The first-order valence-electron chi connectivity index (χ1n) is 22.7. The van der Waals surface area contributed by atoms with Crippen LogP contribution >= 0.6 is 59.3 Å². The minimum atomic E-state index is -0.203. The number of nitrogens with two attached hydrogens (primary N) is 1. The summed E-state index contributed by atoms with van der Waals surface area (Å²) in [7, 11) is 6.52. The molecule has 0 aromatic heterocycles. The van der Waals surface area contributed by atoms with Crippen molar-refractivity contribution >= 4 is 76.4 Å². The number of carbonyl (C=O) groups is 3. The molecule has 0 unspecified atom stereocenters. The summed E-state index contributed by atoms with van der Waals surface area (Å²) in [5, 5.41) is 24.2. The lowest BCUT2D eigenvalue weighted by Crippen LogP contribution is -2.25. The molecule has 3 aromatic rings. The first kappa shape index (κ1) is 64.7. The van der Waals surface area contributed by atoms with Gasteiger partial charge < -0.3 is 45.5 Å². The average molecular weight is 1020 g/mol. The van der Waals surface area contributed by atoms with Crippen molar-refractivity contribution in [2.45, 2.75) is 132 Å². The van der Waals surface area contributed by atoms with E-state index >= 15 is 0 Å². The Labute approximate surface area is 420 Å². The summed E-state index contributed by atoms with van der Waals surface area (Å²) in [6.45, 7) is 8.44. The molecule has 0 spiro atoms. The fourth-order valence-electron chi connectivity index (χ4n) is 5.59. The lowest BCUT2D eigenvalue weighted by atomic mass is 10.1. The number of carbonyl (C=O) groups excluding carboxylic acids is 3. The summed E-state index contributed by atoms with van der Waals surface area (Å²) in [5.74, 6) is 5.50. The Morgan fingerprint density at radius 3 is 1.27 bits per heavy atom. The molecule has 66 heavy (non-hydrogen) atoms. The number of methoxy groups -OCH3 is 4. The Morgan fingerprint density at radius 2 is 0.909 bits per heavy atom. The number of nitrogens with one attached hydrogen (secondary N) is 2. The Balaban J connectivity index is 0. The van der Waals surface area contributed by atoms with Crippen LogP contribution in [0.2, 0.25) is 0 Å². The molecular weight excluding hydrogens is 942 g/mol. The van der Waals surface area contributed by atoms with Crippen LogP contribution in [0.25, 0.3) is 0 Å². The van der Waals surface area contributed by atoms with E-state index in [4.69, 9.17) is 36.3 Å². The maximum absolute atomic E-state index is 11.6. The number of phenolic OH excluding ortho intramolecular Hbond substituents is 2. The molecule has 3 aromatic carbocycles. The molecule has 2 amide bonds. The van der Waals surface area contributed by atoms with E-state index in [0.29, 0.717) is 38.9 Å². The first-order valence-corrected chi connectivity index (χ1v) is 26.0. The van der Waals surface area contributed by atoms with Crippen LogP contribution in [-0.4, -0.2) is 92.6 Å². The van der Waals surface area contributed by atoms with E-state index in [1.165, 1.54) is 62.4 Å². The summed E-state index contributed by atoms with van der Waals surface area (Å²) in [6, 6.07) is 16.4. The molecule has 376 valence electrons. The molecule has 3 rings (SSSR count). The van der Waals surface area contributed by atoms with Gasteiger partial charge in [-0.05, 0) is 85.5 Å². The second-order valence-electron chi connectivity index (χ2n) is 14.5. The van der Waals surface area contributed by atoms with Gasteiger partial charge in [-0.1, -0.05) is 78.6 Å². The third kappa shape index (κ3) is 34.0. The smallest absolute Gasteiger partial charge is 0.221 e. The van der Waals surface area contributed by atoms with Gasteiger partial charge >= 0.3 is 0 Å². The van der Waals surface area contributed by atoms with Gasteiger partial charge in [0.2, 0.25) is 17.1 Å². The maximum Gasteiger partial charge on any atom is 0.221 e. The van der Waals surface area contributed by atoms with E-state index in [2.05, 4.69) is 31.4 Å². The Bertz CT molecular complexity index is 1710. The lowest BCUT2D eigenvalue weighted by molar-refractivity contribution is -0.121. The van der Waals surface area contributed by atoms with E-state index in [-0.39, 0.29) is 41.0 Å². The summed E-state index contributed by atoms with van der Waals surface area (Å²) in [6.07, 6.45) is 15.3. The zero-order valence-corrected chi connectivity index (χ0v) is 44.4. The SMILES string of the molecule is CCCCCCC(=O)Cl.CCCCCCC(=O)NCCSc1ccc(O)c(O)c1.CCCCCCC(=O)NCCSc1ccc(OC)c(OC)c1.COc1ccc(SCCN)cc1OC.Cl. The summed E-state index contributed by atoms with van der Waals surface area (Å²) < 4.78 is 20.8. The van der Waals surface area contributed by atoms with E-state index in [1.54, 1.807) is 58.0 Å². The summed E-state index contributed by atoms with van der Waals surface area (Å²) in [4.78, 5) is 36.5. The van der Waals surface area contributed by atoms with Gasteiger partial charge in [0, 0.05) is 70.8 Å². The highest BCUT2D eigenvalue weighted by atomic mass is 35.5. The van der Waals surface area contributed by atoms with Crippen LogP contribution in [0, 0.1) is 0 Å². The van der Waals surface area contributed by atoms with Crippen LogP contribution in [0.15, 0.2) is 69.3 Å². The summed E-state index contributed by atoms with van der Waals surface area (Å²) in [5.41, 5.74) is 5.43. The van der Waals surface area contributed by atoms with Crippen LogP contribution in [0.5, 0.6) is 34.5 Å². The molecule has 0 aliphatic heterocycles. The number of halogens is 2. The lowest BCUT2D eigenvalue weighted by Gasteiger charge is -2.09. The Kier molecular flexibility index (Phi) is 43.3. The number of hydrogen-bond acceptors (Lipinski definition) is 13. The predicted octanol–water partition coefficient (Wildman–Crippen LogP) is 12.1. The molecular formula is C49H79Cl2N3O9S3. The third-order valence-corrected chi connectivity index (χ3v) is 12.4. The monoisotopic (exact) mass is 1020 g/mol. The van der Waals surface area contributed by atoms with Crippen LogP contribution in [0.3, 0.4) is 0 Å². The predicted molar refractivity (Wildman–Crippen MR) is 280 cm³/mol. The van der Waals surface area contributed by atoms with Gasteiger partial charge in [0.25, 0.3) is 0 Å². The number of aromatic hydroxyl groups is 2. The molecule has 0 saturated carbocycles. The van der Waals surface area contributed by atoms with Crippen LogP contribution in [-0.2, 0) is 14.4 Å². The minimum Gasteiger partial charge on any atom is -0.504 e. The van der Waals surface area contributed by atoms with Gasteiger partial charge in [0.05, 0.1) is 28.4 Å². The van der Waals surface area contributed by atoms with Crippen molar-refractivity contribution in [2.24, 2.45) is 5.73 Å². The molecule has 0 fully saturated rings. The van der Waals surface area contributed by atoms with Crippen LogP contribution < -0.4 is 35.3 Å². The van der Waals surface area contributed by atoms with E-state index in [9.17, 15) is 24.6 Å². The number of unbranched alkanes of at least 4 members (excludes halogenated alkanes) is 9. The largest absolute Gasteiger partial charge is 0.504 e. The van der Waals surface area contributed by atoms with Gasteiger partial charge in [0.15, 0.2) is 34.5 Å². The van der Waals surface area contributed by atoms with E-state index in [1.807, 2.05) is 36.4 Å². The average Bonchev–Trinajstić information content (AvgIpc) is 3.31. The molecule has 17 heteroatoms. The standard InChI is InChI=1S/C17H27NO3S.C15H23NO3S.C10H15NO2S.C7H13ClO.ClH/c1-4-5-6-7-8-17(19)18-11-12-22-14-9-10-15(20-2)16(13-14)21-3;1-2-3-4-5-6-15(19)16-9-10-20-12-7-8-13(17)14(18)11-12;1-12-9-4-3-8(14-6-5-11)7-10(9)13-2;1-2-3-4-5-6-7(8)9;/h9-10,13H,4-8,11-12H2,1-3H3,(H,18,19);7-8,11,17-18H,2-6,9-10H2,1H3,(H,16,19);3-4,7H,5-6,11H2,1-2H3;2-6H2,1H3;1H. The Morgan fingerprint density at radius 1 is 0.530 bits per heavy atom. The van der Waals surface area contributed by atoms with Crippen molar-refractivity contribution in [3.63, 3.8) is 0 Å². The zero-order chi connectivity index (χ0) is 48.5.